The van der Waals surface area contributed by atoms with Crippen molar-refractivity contribution in [2.24, 2.45) is 0 Å². The summed E-state index contributed by atoms with van der Waals surface area (Å²) in [7, 11) is 0. The first-order chi connectivity index (χ1) is 28.5. The van der Waals surface area contributed by atoms with E-state index < -0.39 is 0 Å². The number of hydrogen-bond acceptors (Lipinski definition) is 3. The van der Waals surface area contributed by atoms with Gasteiger partial charge in [-0.15, -0.1) is 0 Å². The Hall–Kier alpha value is -7.36. The molecule has 9 aromatic carbocycles. The van der Waals surface area contributed by atoms with E-state index in [9.17, 15) is 0 Å². The first-order valence-electron chi connectivity index (χ1n) is 20.0. The summed E-state index contributed by atoms with van der Waals surface area (Å²) >= 11 is 0. The lowest BCUT2D eigenvalue weighted by Gasteiger charge is -2.45. The molecule has 11 rings (SSSR count). The molecule has 2 aliphatic heterocycles. The quantitative estimate of drug-likeness (QED) is 0.169. The molecule has 9 aromatic rings. The van der Waals surface area contributed by atoms with E-state index in [4.69, 9.17) is 4.74 Å². The average molecular weight is 745 g/mol. The van der Waals surface area contributed by atoms with E-state index in [-0.39, 0.29) is 5.41 Å². The molecular weight excluding hydrogens is 705 g/mol. The van der Waals surface area contributed by atoms with E-state index in [1.54, 1.807) is 0 Å². The van der Waals surface area contributed by atoms with Crippen LogP contribution in [0.1, 0.15) is 25.0 Å². The molecule has 0 aliphatic carbocycles. The van der Waals surface area contributed by atoms with Gasteiger partial charge in [0.2, 0.25) is 0 Å². The zero-order valence-corrected chi connectivity index (χ0v) is 32.4. The summed E-state index contributed by atoms with van der Waals surface area (Å²) < 4.78 is 6.63. The maximum Gasteiger partial charge on any atom is 0.152 e. The lowest BCUT2D eigenvalue weighted by atomic mass is 9.72. The molecule has 0 saturated carbocycles. The molecule has 3 nitrogen and oxygen atoms in total. The highest BCUT2D eigenvalue weighted by Crippen LogP contribution is 2.61. The van der Waals surface area contributed by atoms with E-state index in [2.05, 4.69) is 230 Å². The van der Waals surface area contributed by atoms with E-state index in [0.717, 1.165) is 39.9 Å². The van der Waals surface area contributed by atoms with Gasteiger partial charge in [0.15, 0.2) is 11.5 Å². The molecule has 0 atom stereocenters. The fraction of sp³-hybridized carbons (Fsp3) is 0.0545. The van der Waals surface area contributed by atoms with Gasteiger partial charge in [-0.05, 0) is 111 Å². The predicted molar refractivity (Wildman–Crippen MR) is 242 cm³/mol. The van der Waals surface area contributed by atoms with Gasteiger partial charge in [-0.1, -0.05) is 159 Å². The Bertz CT molecular complexity index is 2890. The van der Waals surface area contributed by atoms with Gasteiger partial charge in [0.05, 0.1) is 17.1 Å². The second-order valence-corrected chi connectivity index (χ2v) is 15.8. The van der Waals surface area contributed by atoms with Crippen molar-refractivity contribution in [3.63, 3.8) is 0 Å². The van der Waals surface area contributed by atoms with Gasteiger partial charge < -0.3 is 14.5 Å². The molecule has 0 N–H and O–H groups in total. The highest BCUT2D eigenvalue weighted by Gasteiger charge is 2.42. The molecule has 0 aromatic heterocycles. The third-order valence-corrected chi connectivity index (χ3v) is 12.0. The van der Waals surface area contributed by atoms with Gasteiger partial charge in [-0.25, -0.2) is 0 Å². The molecule has 0 spiro atoms. The van der Waals surface area contributed by atoms with Gasteiger partial charge in [-0.3, -0.25) is 0 Å². The molecule has 276 valence electrons. The molecule has 0 unspecified atom stereocenters. The van der Waals surface area contributed by atoms with E-state index in [0.29, 0.717) is 0 Å². The van der Waals surface area contributed by atoms with Crippen molar-refractivity contribution in [2.45, 2.75) is 19.3 Å². The van der Waals surface area contributed by atoms with Gasteiger partial charge in [-0.2, -0.15) is 0 Å². The summed E-state index contributed by atoms with van der Waals surface area (Å²) in [5.74, 6) is 1.77. The first-order valence-corrected chi connectivity index (χ1v) is 20.0. The number of nitrogens with zero attached hydrogens (tertiary/aromatic N) is 2. The number of para-hydroxylation sites is 1. The third-order valence-electron chi connectivity index (χ3n) is 12.0. The Kier molecular flexibility index (Phi) is 7.84. The Balaban J connectivity index is 0.990. The number of ether oxygens (including phenoxy) is 1. The lowest BCUT2D eigenvalue weighted by molar-refractivity contribution is 0.472. The average Bonchev–Trinajstić information content (AvgIpc) is 3.29. The van der Waals surface area contributed by atoms with Gasteiger partial charge >= 0.3 is 0 Å². The van der Waals surface area contributed by atoms with E-state index in [1.807, 2.05) is 0 Å². The maximum atomic E-state index is 6.63. The molecule has 2 aliphatic rings. The second kappa shape index (κ2) is 13.4. The van der Waals surface area contributed by atoms with Crippen molar-refractivity contribution in [1.82, 2.24) is 0 Å². The van der Waals surface area contributed by atoms with Crippen LogP contribution in [0.2, 0.25) is 0 Å². The fourth-order valence-corrected chi connectivity index (χ4v) is 9.03. The van der Waals surface area contributed by atoms with Crippen LogP contribution in [0.5, 0.6) is 11.5 Å². The molecule has 58 heavy (non-hydrogen) atoms. The minimum absolute atomic E-state index is 0.257. The molecule has 3 heteroatoms. The van der Waals surface area contributed by atoms with Crippen LogP contribution in [0.15, 0.2) is 206 Å². The molecule has 0 radical (unpaired) electrons. The van der Waals surface area contributed by atoms with E-state index >= 15 is 0 Å². The van der Waals surface area contributed by atoms with Crippen molar-refractivity contribution < 1.29 is 4.74 Å². The molecule has 0 amide bonds. The van der Waals surface area contributed by atoms with Crippen LogP contribution in [0.4, 0.5) is 34.1 Å². The Morgan fingerprint density at radius 2 is 0.897 bits per heavy atom. The molecule has 0 saturated heterocycles. The summed E-state index contributed by atoms with van der Waals surface area (Å²) in [6, 6.07) is 74.3. The number of hydrogen-bond donors (Lipinski definition) is 0. The standard InChI is InChI=1S/C55H40N2O/c1-55(2)48-18-11-19-51-54(48)57(53-47-17-10-9-16-42(47)27-35-52(53)58-51)50-34-26-43(36-49(50)55)41-24-32-46(33-25-41)56(44-28-20-39(21-29-44)37-12-5-3-6-13-37)45-30-22-40(23-31-45)38-14-7-4-8-15-38/h3-36H,1-2H3. The zero-order chi connectivity index (χ0) is 38.8. The highest BCUT2D eigenvalue weighted by atomic mass is 16.5. The second-order valence-electron chi connectivity index (χ2n) is 15.8. The number of benzene rings is 9. The minimum Gasteiger partial charge on any atom is -0.453 e. The fourth-order valence-electron chi connectivity index (χ4n) is 9.03. The summed E-state index contributed by atoms with van der Waals surface area (Å²) in [6.07, 6.45) is 0. The molecule has 0 bridgehead atoms. The third kappa shape index (κ3) is 5.50. The van der Waals surface area contributed by atoms with Crippen LogP contribution in [-0.4, -0.2) is 0 Å². The smallest absolute Gasteiger partial charge is 0.152 e. The van der Waals surface area contributed by atoms with Crippen molar-refractivity contribution in [2.75, 3.05) is 9.80 Å². The summed E-state index contributed by atoms with van der Waals surface area (Å²) in [4.78, 5) is 4.79. The first kappa shape index (κ1) is 33.9. The maximum absolute atomic E-state index is 6.63. The van der Waals surface area contributed by atoms with Crippen LogP contribution in [0.25, 0.3) is 44.2 Å². The Labute approximate surface area is 339 Å². The van der Waals surface area contributed by atoms with Crippen LogP contribution >= 0.6 is 0 Å². The van der Waals surface area contributed by atoms with Gasteiger partial charge in [0.1, 0.15) is 0 Å². The van der Waals surface area contributed by atoms with E-state index in [1.165, 1.54) is 61.0 Å². The SMILES string of the molecule is CC1(C)c2cc(-c3ccc(N(c4ccc(-c5ccccc5)cc4)c4ccc(-c5ccccc5)cc4)cc3)ccc2N2c3c(cccc31)Oc1ccc3ccccc3c12. The number of rotatable bonds is 6. The molecular formula is C55H40N2O. The van der Waals surface area contributed by atoms with Crippen LogP contribution in [0, 0.1) is 0 Å². The van der Waals surface area contributed by atoms with Crippen LogP contribution < -0.4 is 14.5 Å². The van der Waals surface area contributed by atoms with Crippen molar-refractivity contribution in [1.29, 1.82) is 0 Å². The Morgan fingerprint density at radius 3 is 1.50 bits per heavy atom. The lowest BCUT2D eigenvalue weighted by Crippen LogP contribution is -2.32. The van der Waals surface area contributed by atoms with Gasteiger partial charge in [0.25, 0.3) is 0 Å². The van der Waals surface area contributed by atoms with Crippen molar-refractivity contribution in [3.8, 4) is 44.9 Å². The molecule has 2 heterocycles. The summed E-state index contributed by atoms with van der Waals surface area (Å²) in [5, 5.41) is 2.38. The van der Waals surface area contributed by atoms with Crippen LogP contribution in [0.3, 0.4) is 0 Å². The zero-order valence-electron chi connectivity index (χ0n) is 32.4. The number of fused-ring (bicyclic) bond motifs is 6. The monoisotopic (exact) mass is 744 g/mol. The predicted octanol–water partition coefficient (Wildman–Crippen LogP) is 15.5. The summed E-state index contributed by atoms with van der Waals surface area (Å²) in [6.45, 7) is 4.68. The van der Waals surface area contributed by atoms with Crippen molar-refractivity contribution >= 4 is 44.9 Å². The topological polar surface area (TPSA) is 15.7 Å². The highest BCUT2D eigenvalue weighted by molar-refractivity contribution is 6.06. The normalized spacial score (nSPS) is 13.2. The van der Waals surface area contributed by atoms with Crippen molar-refractivity contribution in [3.05, 3.63) is 217 Å². The minimum atomic E-state index is -0.257. The summed E-state index contributed by atoms with van der Waals surface area (Å²) in [5.41, 5.74) is 16.2. The van der Waals surface area contributed by atoms with Crippen LogP contribution in [-0.2, 0) is 5.41 Å². The largest absolute Gasteiger partial charge is 0.453 e. The molecule has 0 fully saturated rings. The van der Waals surface area contributed by atoms with Gasteiger partial charge in [0, 0.05) is 27.9 Å². The number of anilines is 6. The Morgan fingerprint density at radius 1 is 0.397 bits per heavy atom.